The number of carbonyl (C=O) groups is 1. The van der Waals surface area contributed by atoms with Crippen molar-refractivity contribution >= 4 is 16.7 Å². The van der Waals surface area contributed by atoms with Gasteiger partial charge in [0.25, 0.3) is 11.5 Å². The number of fused-ring (bicyclic) bond motifs is 1. The van der Waals surface area contributed by atoms with Gasteiger partial charge < -0.3 is 4.90 Å². The summed E-state index contributed by atoms with van der Waals surface area (Å²) in [7, 11) is 0. The second-order valence-electron chi connectivity index (χ2n) is 6.58. The Morgan fingerprint density at radius 1 is 0.750 bits per heavy atom. The predicted octanol–water partition coefficient (Wildman–Crippen LogP) is 3.77. The summed E-state index contributed by atoms with van der Waals surface area (Å²) in [6, 6.07) is 26.7. The van der Waals surface area contributed by atoms with E-state index in [-0.39, 0.29) is 17.2 Å². The number of nitrogens with one attached hydrogen (secondary N) is 1. The van der Waals surface area contributed by atoms with Gasteiger partial charge in [0.05, 0.1) is 5.39 Å². The number of benzene rings is 3. The molecule has 0 saturated carbocycles. The lowest BCUT2D eigenvalue weighted by atomic mass is 10.1. The molecule has 0 unspecified atom stereocenters. The fourth-order valence-corrected chi connectivity index (χ4v) is 3.23. The molecular formula is C23H19N3O2. The van der Waals surface area contributed by atoms with E-state index >= 15 is 0 Å². The van der Waals surface area contributed by atoms with Crippen molar-refractivity contribution in [3.05, 3.63) is 112 Å². The number of hydrogen-bond acceptors (Lipinski definition) is 3. The normalized spacial score (nSPS) is 10.7. The lowest BCUT2D eigenvalue weighted by Crippen LogP contribution is -2.32. The molecule has 0 spiro atoms. The lowest BCUT2D eigenvalue weighted by molar-refractivity contribution is 0.0725. The third-order valence-corrected chi connectivity index (χ3v) is 4.62. The fraction of sp³-hybridized carbons (Fsp3) is 0.0870. The second kappa shape index (κ2) is 7.88. The molecule has 1 N–H and O–H groups in total. The summed E-state index contributed by atoms with van der Waals surface area (Å²) in [5.74, 6) is -0.222. The third kappa shape index (κ3) is 3.69. The summed E-state index contributed by atoms with van der Waals surface area (Å²) in [5, 5.41) is 7.55. The van der Waals surface area contributed by atoms with Gasteiger partial charge in [-0.25, -0.2) is 5.10 Å². The molecule has 1 heterocycles. The van der Waals surface area contributed by atoms with Crippen molar-refractivity contribution in [2.24, 2.45) is 0 Å². The Morgan fingerprint density at radius 2 is 1.25 bits per heavy atom. The number of aromatic amines is 1. The third-order valence-electron chi connectivity index (χ3n) is 4.62. The minimum atomic E-state index is -0.301. The number of nitrogens with zero attached hydrogens (tertiary/aromatic N) is 2. The number of carbonyl (C=O) groups excluding carboxylic acids is 1. The quantitative estimate of drug-likeness (QED) is 0.582. The van der Waals surface area contributed by atoms with Crippen LogP contribution in [0.2, 0.25) is 0 Å². The van der Waals surface area contributed by atoms with Gasteiger partial charge in [0.15, 0.2) is 5.69 Å². The van der Waals surface area contributed by atoms with Gasteiger partial charge in [-0.1, -0.05) is 78.9 Å². The molecule has 1 amide bonds. The molecular weight excluding hydrogens is 350 g/mol. The van der Waals surface area contributed by atoms with Crippen LogP contribution in [0.4, 0.5) is 0 Å². The van der Waals surface area contributed by atoms with Gasteiger partial charge in [0.1, 0.15) is 0 Å². The van der Waals surface area contributed by atoms with E-state index in [1.165, 1.54) is 0 Å². The van der Waals surface area contributed by atoms with Crippen LogP contribution in [0.15, 0.2) is 89.7 Å². The number of amides is 1. The highest BCUT2D eigenvalue weighted by Crippen LogP contribution is 2.18. The van der Waals surface area contributed by atoms with Gasteiger partial charge in [-0.15, -0.1) is 0 Å². The van der Waals surface area contributed by atoms with Crippen molar-refractivity contribution in [1.82, 2.24) is 15.1 Å². The largest absolute Gasteiger partial charge is 0.329 e. The van der Waals surface area contributed by atoms with Gasteiger partial charge >= 0.3 is 0 Å². The highest BCUT2D eigenvalue weighted by molar-refractivity contribution is 6.04. The molecule has 28 heavy (non-hydrogen) atoms. The van der Waals surface area contributed by atoms with Crippen molar-refractivity contribution in [3.8, 4) is 0 Å². The molecule has 5 nitrogen and oxygen atoms in total. The van der Waals surface area contributed by atoms with E-state index in [9.17, 15) is 9.59 Å². The van der Waals surface area contributed by atoms with Crippen LogP contribution in [0.25, 0.3) is 10.8 Å². The molecule has 5 heteroatoms. The SMILES string of the molecule is O=C(c1n[nH]c(=O)c2ccccc12)N(Cc1ccccc1)Cc1ccccc1. The Kier molecular flexibility index (Phi) is 4.97. The summed E-state index contributed by atoms with van der Waals surface area (Å²) in [4.78, 5) is 27.2. The highest BCUT2D eigenvalue weighted by atomic mass is 16.2. The first-order valence-electron chi connectivity index (χ1n) is 9.07. The molecule has 0 fully saturated rings. The Labute approximate surface area is 162 Å². The number of aromatic nitrogens is 2. The Hall–Kier alpha value is -3.73. The van der Waals surface area contributed by atoms with E-state index in [2.05, 4.69) is 10.2 Å². The lowest BCUT2D eigenvalue weighted by Gasteiger charge is -2.23. The van der Waals surface area contributed by atoms with E-state index in [0.29, 0.717) is 23.9 Å². The molecule has 0 radical (unpaired) electrons. The monoisotopic (exact) mass is 369 g/mol. The number of rotatable bonds is 5. The van der Waals surface area contributed by atoms with Crippen LogP contribution >= 0.6 is 0 Å². The van der Waals surface area contributed by atoms with Crippen LogP contribution in [0.1, 0.15) is 21.6 Å². The Morgan fingerprint density at radius 3 is 1.82 bits per heavy atom. The molecule has 4 rings (SSSR count). The van der Waals surface area contributed by atoms with E-state index in [4.69, 9.17) is 0 Å². The maximum absolute atomic E-state index is 13.4. The maximum Gasteiger partial charge on any atom is 0.275 e. The van der Waals surface area contributed by atoms with Crippen molar-refractivity contribution in [2.75, 3.05) is 0 Å². The predicted molar refractivity (Wildman–Crippen MR) is 109 cm³/mol. The van der Waals surface area contributed by atoms with Crippen LogP contribution in [0, 0.1) is 0 Å². The molecule has 0 bridgehead atoms. The maximum atomic E-state index is 13.4. The van der Waals surface area contributed by atoms with Gasteiger partial charge in [0.2, 0.25) is 0 Å². The van der Waals surface area contributed by atoms with Crippen molar-refractivity contribution in [2.45, 2.75) is 13.1 Å². The van der Waals surface area contributed by atoms with Gasteiger partial charge in [-0.3, -0.25) is 9.59 Å². The zero-order valence-electron chi connectivity index (χ0n) is 15.2. The Balaban J connectivity index is 1.74. The second-order valence-corrected chi connectivity index (χ2v) is 6.58. The van der Waals surface area contributed by atoms with E-state index in [1.54, 1.807) is 29.2 Å². The summed E-state index contributed by atoms with van der Waals surface area (Å²) in [6.45, 7) is 0.896. The summed E-state index contributed by atoms with van der Waals surface area (Å²) < 4.78 is 0. The zero-order chi connectivity index (χ0) is 19.3. The summed E-state index contributed by atoms with van der Waals surface area (Å²) in [6.07, 6.45) is 0. The number of hydrogen-bond donors (Lipinski definition) is 1. The molecule has 0 atom stereocenters. The smallest absolute Gasteiger partial charge is 0.275 e. The molecule has 3 aromatic carbocycles. The first kappa shape index (κ1) is 17.7. The number of H-pyrrole nitrogens is 1. The van der Waals surface area contributed by atoms with Crippen LogP contribution in [-0.2, 0) is 13.1 Å². The van der Waals surface area contributed by atoms with Crippen molar-refractivity contribution in [1.29, 1.82) is 0 Å². The first-order valence-corrected chi connectivity index (χ1v) is 9.07. The molecule has 138 valence electrons. The average molecular weight is 369 g/mol. The molecule has 0 aliphatic carbocycles. The average Bonchev–Trinajstić information content (AvgIpc) is 2.75. The highest BCUT2D eigenvalue weighted by Gasteiger charge is 2.21. The van der Waals surface area contributed by atoms with Gasteiger partial charge in [-0.05, 0) is 17.2 Å². The van der Waals surface area contributed by atoms with Crippen LogP contribution < -0.4 is 5.56 Å². The zero-order valence-corrected chi connectivity index (χ0v) is 15.2. The molecule has 0 aliphatic heterocycles. The molecule has 0 saturated heterocycles. The van der Waals surface area contributed by atoms with Crippen molar-refractivity contribution in [3.63, 3.8) is 0 Å². The molecule has 1 aromatic heterocycles. The van der Waals surface area contributed by atoms with Gasteiger partial charge in [0, 0.05) is 18.5 Å². The van der Waals surface area contributed by atoms with Crippen LogP contribution in [0.5, 0.6) is 0 Å². The molecule has 4 aromatic rings. The summed E-state index contributed by atoms with van der Waals surface area (Å²) >= 11 is 0. The minimum absolute atomic E-state index is 0.222. The van der Waals surface area contributed by atoms with Crippen molar-refractivity contribution < 1.29 is 4.79 Å². The minimum Gasteiger partial charge on any atom is -0.329 e. The summed E-state index contributed by atoms with van der Waals surface area (Å²) in [5.41, 5.74) is 2.01. The fourth-order valence-electron chi connectivity index (χ4n) is 3.23. The van der Waals surface area contributed by atoms with E-state index < -0.39 is 0 Å². The standard InChI is InChI=1S/C23H19N3O2/c27-22-20-14-8-7-13-19(20)21(24-25-22)23(28)26(15-17-9-3-1-4-10-17)16-18-11-5-2-6-12-18/h1-14H,15-16H2,(H,25,27). The van der Waals surface area contributed by atoms with E-state index in [1.807, 2.05) is 60.7 Å². The topological polar surface area (TPSA) is 66.1 Å². The van der Waals surface area contributed by atoms with Gasteiger partial charge in [-0.2, -0.15) is 5.10 Å². The Bertz CT molecular complexity index is 1110. The molecule has 0 aliphatic rings. The van der Waals surface area contributed by atoms with E-state index in [0.717, 1.165) is 11.1 Å². The van der Waals surface area contributed by atoms with Crippen LogP contribution in [-0.4, -0.2) is 21.0 Å². The first-order chi connectivity index (χ1) is 13.7. The van der Waals surface area contributed by atoms with Crippen LogP contribution in [0.3, 0.4) is 0 Å².